The number of carboxylic acids is 1. The van der Waals surface area contributed by atoms with Crippen LogP contribution in [-0.2, 0) is 4.79 Å². The Balaban J connectivity index is 0. The molecule has 0 unspecified atom stereocenters. The van der Waals surface area contributed by atoms with E-state index in [9.17, 15) is 9.90 Å². The number of aliphatic carboxylic acids is 1. The smallest absolute Gasteiger partial charge is 0.550 e. The second-order valence-electron chi connectivity index (χ2n) is 4.14. The Kier molecular flexibility index (Phi) is 9.74. The molecule has 0 bridgehead atoms. The first-order chi connectivity index (χ1) is 4.92. The van der Waals surface area contributed by atoms with Gasteiger partial charge in [-0.05, 0) is 24.7 Å². The van der Waals surface area contributed by atoms with Crippen LogP contribution in [0.4, 0.5) is 0 Å². The standard InChI is InChI=1S/C9H18O2.K/c1-9(2,3)7-5-4-6-8(10)11;/h4-7H2,1-3H3,(H,10,11);/q;+1/p-1. The topological polar surface area (TPSA) is 40.1 Å². The van der Waals surface area contributed by atoms with Crippen LogP contribution in [0, 0.1) is 5.41 Å². The van der Waals surface area contributed by atoms with E-state index in [2.05, 4.69) is 20.8 Å². The summed E-state index contributed by atoms with van der Waals surface area (Å²) in [4.78, 5) is 10.0. The Morgan fingerprint density at radius 3 is 2.08 bits per heavy atom. The van der Waals surface area contributed by atoms with Crippen LogP contribution < -0.4 is 56.5 Å². The van der Waals surface area contributed by atoms with E-state index < -0.39 is 5.97 Å². The molecule has 2 nitrogen and oxygen atoms in total. The summed E-state index contributed by atoms with van der Waals surface area (Å²) >= 11 is 0. The number of carbonyl (C=O) groups excluding carboxylic acids is 1. The number of rotatable bonds is 4. The fourth-order valence-corrected chi connectivity index (χ4v) is 0.925. The first-order valence-electron chi connectivity index (χ1n) is 4.12. The number of hydrogen-bond donors (Lipinski definition) is 0. The molecule has 0 spiro atoms. The maximum atomic E-state index is 10.0. The van der Waals surface area contributed by atoms with Gasteiger partial charge in [-0.1, -0.05) is 27.2 Å². The summed E-state index contributed by atoms with van der Waals surface area (Å²) in [6.45, 7) is 6.48. The zero-order valence-corrected chi connectivity index (χ0v) is 11.8. The molecular formula is C9H17KO2. The Morgan fingerprint density at radius 2 is 1.75 bits per heavy atom. The molecule has 0 N–H and O–H groups in total. The normalized spacial score (nSPS) is 10.6. The summed E-state index contributed by atoms with van der Waals surface area (Å²) in [5.74, 6) is -0.932. The average Bonchev–Trinajstić information content (AvgIpc) is 1.78. The number of carboxylic acid groups (broad SMARTS) is 1. The number of hydrogen-bond acceptors (Lipinski definition) is 2. The fourth-order valence-electron chi connectivity index (χ4n) is 0.925. The van der Waals surface area contributed by atoms with Crippen LogP contribution in [0.5, 0.6) is 0 Å². The quantitative estimate of drug-likeness (QED) is 0.399. The number of carbonyl (C=O) groups is 1. The summed E-state index contributed by atoms with van der Waals surface area (Å²) in [5, 5.41) is 10.0. The van der Waals surface area contributed by atoms with Crippen LogP contribution in [0.25, 0.3) is 0 Å². The van der Waals surface area contributed by atoms with Crippen molar-refractivity contribution in [2.45, 2.75) is 46.5 Å². The molecule has 0 amide bonds. The van der Waals surface area contributed by atoms with E-state index in [0.29, 0.717) is 5.41 Å². The third-order valence-corrected chi connectivity index (χ3v) is 1.56. The Bertz CT molecular complexity index is 127. The molecule has 0 saturated heterocycles. The Morgan fingerprint density at radius 1 is 1.25 bits per heavy atom. The predicted octanol–water partition coefficient (Wildman–Crippen LogP) is -1.65. The molecule has 0 saturated carbocycles. The van der Waals surface area contributed by atoms with Gasteiger partial charge in [-0.25, -0.2) is 0 Å². The van der Waals surface area contributed by atoms with Crippen molar-refractivity contribution in [3.8, 4) is 0 Å². The van der Waals surface area contributed by atoms with Gasteiger partial charge in [0.15, 0.2) is 0 Å². The van der Waals surface area contributed by atoms with Gasteiger partial charge in [0.05, 0.1) is 0 Å². The molecule has 0 aromatic heterocycles. The second kappa shape index (κ2) is 7.50. The van der Waals surface area contributed by atoms with Crippen molar-refractivity contribution >= 4 is 5.97 Å². The van der Waals surface area contributed by atoms with Crippen LogP contribution >= 0.6 is 0 Å². The van der Waals surface area contributed by atoms with Crippen molar-refractivity contribution in [3.63, 3.8) is 0 Å². The first-order valence-corrected chi connectivity index (χ1v) is 4.12. The molecule has 0 rings (SSSR count). The van der Waals surface area contributed by atoms with Gasteiger partial charge in [-0.15, -0.1) is 0 Å². The van der Waals surface area contributed by atoms with Gasteiger partial charge in [0, 0.05) is 5.97 Å². The zero-order chi connectivity index (χ0) is 8.91. The van der Waals surface area contributed by atoms with Gasteiger partial charge in [0.25, 0.3) is 0 Å². The maximum absolute atomic E-state index is 10.0. The summed E-state index contributed by atoms with van der Waals surface area (Å²) in [6.07, 6.45) is 3.02. The summed E-state index contributed by atoms with van der Waals surface area (Å²) in [5.41, 5.74) is 0.325. The molecule has 12 heavy (non-hydrogen) atoms. The molecule has 0 atom stereocenters. The van der Waals surface area contributed by atoms with Crippen LogP contribution in [0.3, 0.4) is 0 Å². The molecule has 0 aromatic carbocycles. The van der Waals surface area contributed by atoms with E-state index in [4.69, 9.17) is 0 Å². The molecule has 3 heteroatoms. The van der Waals surface area contributed by atoms with E-state index in [-0.39, 0.29) is 57.8 Å². The van der Waals surface area contributed by atoms with Gasteiger partial charge in [0.1, 0.15) is 0 Å². The van der Waals surface area contributed by atoms with Crippen molar-refractivity contribution in [1.29, 1.82) is 0 Å². The predicted molar refractivity (Wildman–Crippen MR) is 42.9 cm³/mol. The van der Waals surface area contributed by atoms with E-state index in [1.165, 1.54) is 0 Å². The molecular weight excluding hydrogens is 179 g/mol. The van der Waals surface area contributed by atoms with Crippen molar-refractivity contribution in [2.24, 2.45) is 5.41 Å². The molecule has 0 radical (unpaired) electrons. The van der Waals surface area contributed by atoms with E-state index in [1.54, 1.807) is 0 Å². The van der Waals surface area contributed by atoms with Gasteiger partial charge in [-0.3, -0.25) is 0 Å². The second-order valence-corrected chi connectivity index (χ2v) is 4.14. The molecule has 0 aromatic rings. The monoisotopic (exact) mass is 196 g/mol. The third-order valence-electron chi connectivity index (χ3n) is 1.56. The molecule has 0 fully saturated rings. The van der Waals surface area contributed by atoms with Gasteiger partial charge in [0.2, 0.25) is 0 Å². The fraction of sp³-hybridized carbons (Fsp3) is 0.889. The van der Waals surface area contributed by atoms with Crippen LogP contribution in [0.15, 0.2) is 0 Å². The SMILES string of the molecule is CC(C)(C)CCCCC(=O)[O-].[K+]. The first kappa shape index (κ1) is 15.6. The minimum Gasteiger partial charge on any atom is -0.550 e. The van der Waals surface area contributed by atoms with Crippen LogP contribution in [0.1, 0.15) is 46.5 Å². The molecule has 0 heterocycles. The van der Waals surface area contributed by atoms with E-state index in [1.807, 2.05) is 0 Å². The maximum Gasteiger partial charge on any atom is 1.00 e. The van der Waals surface area contributed by atoms with Crippen LogP contribution in [0.2, 0.25) is 0 Å². The van der Waals surface area contributed by atoms with Gasteiger partial charge >= 0.3 is 51.4 Å². The largest absolute Gasteiger partial charge is 1.00 e. The van der Waals surface area contributed by atoms with Gasteiger partial charge < -0.3 is 9.90 Å². The molecule has 66 valence electrons. The summed E-state index contributed by atoms with van der Waals surface area (Å²) < 4.78 is 0. The Labute approximate surface area is 118 Å². The van der Waals surface area contributed by atoms with E-state index >= 15 is 0 Å². The summed E-state index contributed by atoms with van der Waals surface area (Å²) in [7, 11) is 0. The van der Waals surface area contributed by atoms with Crippen molar-refractivity contribution in [2.75, 3.05) is 0 Å². The van der Waals surface area contributed by atoms with Crippen molar-refractivity contribution < 1.29 is 61.3 Å². The van der Waals surface area contributed by atoms with Crippen molar-refractivity contribution in [3.05, 3.63) is 0 Å². The number of unbranched alkanes of at least 4 members (excludes halogenated alkanes) is 1. The molecule has 0 aliphatic rings. The average molecular weight is 196 g/mol. The molecule has 0 aliphatic carbocycles. The minimum absolute atomic E-state index is 0. The minimum atomic E-state index is -0.932. The third kappa shape index (κ3) is 13.7. The molecule has 0 aliphatic heterocycles. The zero-order valence-electron chi connectivity index (χ0n) is 8.64. The van der Waals surface area contributed by atoms with Crippen LogP contribution in [-0.4, -0.2) is 5.97 Å². The Hall–Kier alpha value is 1.11. The summed E-state index contributed by atoms with van der Waals surface area (Å²) in [6, 6.07) is 0. The van der Waals surface area contributed by atoms with E-state index in [0.717, 1.165) is 19.3 Å². The van der Waals surface area contributed by atoms with Gasteiger partial charge in [-0.2, -0.15) is 0 Å². The van der Waals surface area contributed by atoms with Crippen molar-refractivity contribution in [1.82, 2.24) is 0 Å².